The second-order valence-electron chi connectivity index (χ2n) is 7.85. The van der Waals surface area contributed by atoms with Gasteiger partial charge in [-0.3, -0.25) is 9.36 Å². The topological polar surface area (TPSA) is 76.3 Å². The van der Waals surface area contributed by atoms with Crippen molar-refractivity contribution in [1.29, 1.82) is 0 Å². The van der Waals surface area contributed by atoms with E-state index < -0.39 is 10.0 Å². The largest absolute Gasteiger partial charge is 0.304 e. The van der Waals surface area contributed by atoms with E-state index in [4.69, 9.17) is 0 Å². The van der Waals surface area contributed by atoms with E-state index in [1.54, 1.807) is 22.1 Å². The standard InChI is InChI=1S/C18H30N6O2S/c1-13(2)23-12-18(14(3)19-23)27(25,26)24-9-7-8-17(24)16-10-15(11-21(4)5)22(6)20-16/h10,12-13,17H,7-9,11H2,1-6H3/t17-/m0/s1. The molecule has 0 spiro atoms. The van der Waals surface area contributed by atoms with E-state index in [0.717, 1.165) is 30.8 Å². The second-order valence-corrected chi connectivity index (χ2v) is 9.71. The van der Waals surface area contributed by atoms with Crippen LogP contribution in [0.2, 0.25) is 0 Å². The van der Waals surface area contributed by atoms with Crippen LogP contribution in [0.25, 0.3) is 0 Å². The van der Waals surface area contributed by atoms with E-state index >= 15 is 0 Å². The number of sulfonamides is 1. The van der Waals surface area contributed by atoms with Crippen LogP contribution in [0, 0.1) is 6.92 Å². The Morgan fingerprint density at radius 3 is 2.59 bits per heavy atom. The number of aryl methyl sites for hydroxylation is 2. The summed E-state index contributed by atoms with van der Waals surface area (Å²) in [6.45, 7) is 7.01. The summed E-state index contributed by atoms with van der Waals surface area (Å²) in [6.07, 6.45) is 3.27. The highest BCUT2D eigenvalue weighted by Gasteiger charge is 2.39. The molecule has 3 rings (SSSR count). The molecule has 150 valence electrons. The molecule has 1 aliphatic rings. The molecule has 0 N–H and O–H groups in total. The summed E-state index contributed by atoms with van der Waals surface area (Å²) in [7, 11) is 2.31. The van der Waals surface area contributed by atoms with Gasteiger partial charge in [-0.05, 0) is 53.8 Å². The highest BCUT2D eigenvalue weighted by Crippen LogP contribution is 2.37. The fraction of sp³-hybridized carbons (Fsp3) is 0.667. The van der Waals surface area contributed by atoms with Gasteiger partial charge in [0.05, 0.1) is 23.1 Å². The molecule has 0 aromatic carbocycles. The van der Waals surface area contributed by atoms with Crippen LogP contribution in [0.1, 0.15) is 55.9 Å². The Labute approximate surface area is 161 Å². The van der Waals surface area contributed by atoms with Crippen molar-refractivity contribution < 1.29 is 8.42 Å². The minimum absolute atomic E-state index is 0.117. The van der Waals surface area contributed by atoms with Gasteiger partial charge in [-0.1, -0.05) is 0 Å². The molecule has 0 radical (unpaired) electrons. The van der Waals surface area contributed by atoms with Crippen molar-refractivity contribution in [1.82, 2.24) is 28.8 Å². The summed E-state index contributed by atoms with van der Waals surface area (Å²) >= 11 is 0. The van der Waals surface area contributed by atoms with Gasteiger partial charge in [-0.15, -0.1) is 0 Å². The molecular formula is C18H30N6O2S. The smallest absolute Gasteiger partial charge is 0.247 e. The summed E-state index contributed by atoms with van der Waals surface area (Å²) in [5.41, 5.74) is 2.44. The van der Waals surface area contributed by atoms with Gasteiger partial charge >= 0.3 is 0 Å². The van der Waals surface area contributed by atoms with E-state index in [2.05, 4.69) is 15.1 Å². The predicted molar refractivity (Wildman–Crippen MR) is 104 cm³/mol. The number of hydrogen-bond acceptors (Lipinski definition) is 5. The summed E-state index contributed by atoms with van der Waals surface area (Å²) in [5.74, 6) is 0. The summed E-state index contributed by atoms with van der Waals surface area (Å²) < 4.78 is 31.9. The first kappa shape index (κ1) is 20.0. The van der Waals surface area contributed by atoms with E-state index in [0.29, 0.717) is 17.1 Å². The maximum Gasteiger partial charge on any atom is 0.247 e. The van der Waals surface area contributed by atoms with E-state index in [1.165, 1.54) is 0 Å². The molecule has 0 bridgehead atoms. The van der Waals surface area contributed by atoms with Gasteiger partial charge in [-0.2, -0.15) is 14.5 Å². The zero-order chi connectivity index (χ0) is 19.9. The third-order valence-electron chi connectivity index (χ3n) is 5.01. The first-order valence-electron chi connectivity index (χ1n) is 9.36. The van der Waals surface area contributed by atoms with E-state index in [9.17, 15) is 8.42 Å². The third kappa shape index (κ3) is 3.81. The van der Waals surface area contributed by atoms with Gasteiger partial charge in [-0.25, -0.2) is 8.42 Å². The molecule has 0 unspecified atom stereocenters. The summed E-state index contributed by atoms with van der Waals surface area (Å²) in [4.78, 5) is 2.38. The van der Waals surface area contributed by atoms with Crippen LogP contribution >= 0.6 is 0 Å². The number of nitrogens with zero attached hydrogens (tertiary/aromatic N) is 6. The lowest BCUT2D eigenvalue weighted by Crippen LogP contribution is -2.31. The van der Waals surface area contributed by atoms with Crippen molar-refractivity contribution in [2.24, 2.45) is 7.05 Å². The van der Waals surface area contributed by atoms with Gasteiger partial charge in [0, 0.05) is 32.4 Å². The summed E-state index contributed by atoms with van der Waals surface area (Å²) in [5, 5.41) is 9.00. The van der Waals surface area contributed by atoms with Gasteiger partial charge in [0.2, 0.25) is 10.0 Å². The minimum atomic E-state index is -3.62. The maximum absolute atomic E-state index is 13.4. The highest BCUT2D eigenvalue weighted by atomic mass is 32.2. The number of aromatic nitrogens is 4. The number of hydrogen-bond donors (Lipinski definition) is 0. The maximum atomic E-state index is 13.4. The lowest BCUT2D eigenvalue weighted by Gasteiger charge is -2.22. The van der Waals surface area contributed by atoms with Crippen LogP contribution in [0.3, 0.4) is 0 Å². The van der Waals surface area contributed by atoms with Crippen molar-refractivity contribution in [2.45, 2.75) is 57.1 Å². The molecule has 0 saturated carbocycles. The second kappa shape index (κ2) is 7.37. The Hall–Kier alpha value is -1.71. The molecule has 1 fully saturated rings. The average molecular weight is 395 g/mol. The molecule has 2 aromatic heterocycles. The van der Waals surface area contributed by atoms with Crippen molar-refractivity contribution >= 4 is 10.0 Å². The Bertz CT molecular complexity index is 912. The number of rotatable bonds is 6. The quantitative estimate of drug-likeness (QED) is 0.750. The van der Waals surface area contributed by atoms with Crippen molar-refractivity contribution in [2.75, 3.05) is 20.6 Å². The molecule has 9 heteroatoms. The fourth-order valence-electron chi connectivity index (χ4n) is 3.60. The van der Waals surface area contributed by atoms with Gasteiger partial charge in [0.15, 0.2) is 0 Å². The van der Waals surface area contributed by atoms with Crippen LogP contribution in [0.4, 0.5) is 0 Å². The van der Waals surface area contributed by atoms with Gasteiger partial charge < -0.3 is 4.90 Å². The Morgan fingerprint density at radius 1 is 1.30 bits per heavy atom. The van der Waals surface area contributed by atoms with Crippen LogP contribution < -0.4 is 0 Å². The highest BCUT2D eigenvalue weighted by molar-refractivity contribution is 7.89. The zero-order valence-electron chi connectivity index (χ0n) is 17.0. The molecule has 0 amide bonds. The average Bonchev–Trinajstić information content (AvgIpc) is 3.26. The zero-order valence-corrected chi connectivity index (χ0v) is 17.9. The molecule has 2 aromatic rings. The fourth-order valence-corrected chi connectivity index (χ4v) is 5.42. The molecule has 27 heavy (non-hydrogen) atoms. The molecule has 1 atom stereocenters. The molecule has 1 saturated heterocycles. The molecule has 0 aliphatic carbocycles. The first-order valence-corrected chi connectivity index (χ1v) is 10.8. The van der Waals surface area contributed by atoms with Crippen molar-refractivity contribution in [3.05, 3.63) is 29.3 Å². The van der Waals surface area contributed by atoms with Crippen LogP contribution in [0.5, 0.6) is 0 Å². The monoisotopic (exact) mass is 394 g/mol. The normalized spacial score (nSPS) is 18.9. The summed E-state index contributed by atoms with van der Waals surface area (Å²) in [6, 6.07) is 1.92. The van der Waals surface area contributed by atoms with Crippen molar-refractivity contribution in [3.8, 4) is 0 Å². The van der Waals surface area contributed by atoms with Crippen molar-refractivity contribution in [3.63, 3.8) is 0 Å². The van der Waals surface area contributed by atoms with Gasteiger partial charge in [0.1, 0.15) is 4.90 Å². The Balaban J connectivity index is 1.94. The Kier molecular flexibility index (Phi) is 5.47. The van der Waals surface area contributed by atoms with Crippen LogP contribution in [-0.2, 0) is 23.6 Å². The lowest BCUT2D eigenvalue weighted by molar-refractivity contribution is 0.384. The predicted octanol–water partition coefficient (Wildman–Crippen LogP) is 2.09. The van der Waals surface area contributed by atoms with E-state index in [-0.39, 0.29) is 12.1 Å². The molecule has 1 aliphatic heterocycles. The Morgan fingerprint density at radius 2 is 2.00 bits per heavy atom. The van der Waals surface area contributed by atoms with Crippen LogP contribution in [-0.4, -0.2) is 57.8 Å². The SMILES string of the molecule is Cc1nn(C(C)C)cc1S(=O)(=O)N1CCC[C@H]1c1cc(CN(C)C)n(C)n1. The minimum Gasteiger partial charge on any atom is -0.304 e. The van der Waals surface area contributed by atoms with Gasteiger partial charge in [0.25, 0.3) is 0 Å². The van der Waals surface area contributed by atoms with Crippen LogP contribution in [0.15, 0.2) is 17.2 Å². The molecular weight excluding hydrogens is 364 g/mol. The molecule has 3 heterocycles. The first-order chi connectivity index (χ1) is 12.6. The lowest BCUT2D eigenvalue weighted by atomic mass is 10.1. The van der Waals surface area contributed by atoms with E-state index in [1.807, 2.05) is 45.7 Å². The third-order valence-corrected chi connectivity index (χ3v) is 7.02. The molecule has 8 nitrogen and oxygen atoms in total.